The first kappa shape index (κ1) is 16.6. The smallest absolute Gasteiger partial charge is 0.344 e. The van der Waals surface area contributed by atoms with E-state index in [4.69, 9.17) is 4.89 Å². The Morgan fingerprint density at radius 1 is 1.41 bits per heavy atom. The van der Waals surface area contributed by atoms with Crippen LogP contribution in [0.3, 0.4) is 0 Å². The normalized spacial score (nSPS) is 15.4. The molecule has 7 heteroatoms. The lowest BCUT2D eigenvalue weighted by molar-refractivity contribution is -0.889. The molecule has 0 bridgehead atoms. The van der Waals surface area contributed by atoms with Crippen molar-refractivity contribution in [3.05, 3.63) is 0 Å². The Morgan fingerprint density at radius 3 is 2.47 bits per heavy atom. The summed E-state index contributed by atoms with van der Waals surface area (Å²) in [7, 11) is 1.62. The van der Waals surface area contributed by atoms with Crippen LogP contribution in [0.2, 0.25) is 0 Å². The minimum absolute atomic E-state index is 0.223. The molecule has 0 aliphatic carbocycles. The molecule has 0 fully saturated rings. The van der Waals surface area contributed by atoms with Crippen molar-refractivity contribution in [1.29, 1.82) is 0 Å². The van der Waals surface area contributed by atoms with Crippen molar-refractivity contribution in [3.63, 3.8) is 0 Å². The highest BCUT2D eigenvalue weighted by atomic mass is 31.2. The second-order valence-corrected chi connectivity index (χ2v) is 6.67. The zero-order chi connectivity index (χ0) is 13.5. The fourth-order valence-corrected chi connectivity index (χ4v) is 1.97. The van der Waals surface area contributed by atoms with E-state index in [1.54, 1.807) is 0 Å². The van der Waals surface area contributed by atoms with Gasteiger partial charge in [-0.2, -0.15) is 0 Å². The Morgan fingerprint density at radius 2 is 2.00 bits per heavy atom. The minimum atomic E-state index is -3.64. The van der Waals surface area contributed by atoms with Crippen LogP contribution in [0.15, 0.2) is 0 Å². The summed E-state index contributed by atoms with van der Waals surface area (Å²) >= 11 is 0. The van der Waals surface area contributed by atoms with Crippen LogP contribution in [0.4, 0.5) is 0 Å². The number of rotatable bonds is 8. The third-order valence-corrected chi connectivity index (χ3v) is 3.66. The van der Waals surface area contributed by atoms with E-state index in [2.05, 4.69) is 30.9 Å². The van der Waals surface area contributed by atoms with E-state index in [1.165, 1.54) is 0 Å². The van der Waals surface area contributed by atoms with Gasteiger partial charge in [-0.05, 0) is 6.42 Å². The van der Waals surface area contributed by atoms with Gasteiger partial charge < -0.3 is 19.2 Å². The fraction of sp³-hybridized carbons (Fsp3) is 0.900. The van der Waals surface area contributed by atoms with Crippen LogP contribution in [0, 0.1) is 0 Å². The lowest BCUT2D eigenvalue weighted by Gasteiger charge is -2.29. The highest BCUT2D eigenvalue weighted by Gasteiger charge is 2.20. The van der Waals surface area contributed by atoms with Gasteiger partial charge >= 0.3 is 7.60 Å². The van der Waals surface area contributed by atoms with E-state index in [0.29, 0.717) is 13.0 Å². The molecule has 6 nitrogen and oxygen atoms in total. The molecule has 2 N–H and O–H groups in total. The Kier molecular flexibility index (Phi) is 6.94. The van der Waals surface area contributed by atoms with Crippen LogP contribution in [0.5, 0.6) is 0 Å². The number of nitrogens with one attached hydrogen (secondary N) is 1. The van der Waals surface area contributed by atoms with E-state index in [9.17, 15) is 9.36 Å². The van der Waals surface area contributed by atoms with E-state index >= 15 is 0 Å². The first-order valence-corrected chi connectivity index (χ1v) is 7.45. The molecule has 1 unspecified atom stereocenters. The summed E-state index contributed by atoms with van der Waals surface area (Å²) in [5.74, 6) is -0.223. The molecule has 0 rings (SSSR count). The maximum absolute atomic E-state index is 11.4. The largest absolute Gasteiger partial charge is 0.346 e. The summed E-state index contributed by atoms with van der Waals surface area (Å²) in [6.07, 6.45) is 1.07. The molecule has 1 amide bonds. The maximum atomic E-state index is 11.4. The maximum Gasteiger partial charge on any atom is 0.346 e. The van der Waals surface area contributed by atoms with Crippen LogP contribution in [0.25, 0.3) is 0 Å². The van der Waals surface area contributed by atoms with Crippen LogP contribution in [-0.4, -0.2) is 55.9 Å². The van der Waals surface area contributed by atoms with Gasteiger partial charge in [0, 0.05) is 7.11 Å². The van der Waals surface area contributed by atoms with Gasteiger partial charge in [-0.15, -0.1) is 0 Å². The molecule has 0 saturated heterocycles. The number of carbonyl (C=O) groups excluding carboxylic acids is 1. The lowest BCUT2D eigenvalue weighted by Crippen LogP contribution is -2.43. The van der Waals surface area contributed by atoms with Gasteiger partial charge in [0.15, 0.2) is 0 Å². The molecule has 0 spiro atoms. The van der Waals surface area contributed by atoms with Crippen molar-refractivity contribution >= 4 is 13.5 Å². The molecular weight excluding hydrogens is 243 g/mol. The van der Waals surface area contributed by atoms with Crippen molar-refractivity contribution in [2.75, 3.05) is 40.6 Å². The molecule has 0 aromatic rings. The van der Waals surface area contributed by atoms with E-state index in [0.717, 1.165) is 24.6 Å². The first-order chi connectivity index (χ1) is 7.72. The SMILES string of the molecule is CCC[N+](C)(C)CCC(=O)NCP(=O)(O)OC. The van der Waals surface area contributed by atoms with Gasteiger partial charge in [0.25, 0.3) is 0 Å². The Balaban J connectivity index is 3.92. The Labute approximate surface area is 103 Å². The van der Waals surface area contributed by atoms with Gasteiger partial charge in [-0.1, -0.05) is 6.92 Å². The minimum Gasteiger partial charge on any atom is -0.344 e. The van der Waals surface area contributed by atoms with E-state index in [1.807, 2.05) is 0 Å². The van der Waals surface area contributed by atoms with Crippen LogP contribution in [0.1, 0.15) is 19.8 Å². The number of nitrogens with zero attached hydrogens (tertiary/aromatic N) is 1. The molecule has 17 heavy (non-hydrogen) atoms. The van der Waals surface area contributed by atoms with Gasteiger partial charge in [-0.3, -0.25) is 9.36 Å². The topological polar surface area (TPSA) is 75.6 Å². The second-order valence-electron chi connectivity index (χ2n) is 4.71. The molecule has 0 saturated carbocycles. The van der Waals surface area contributed by atoms with Crippen LogP contribution >= 0.6 is 7.60 Å². The molecule has 0 aromatic heterocycles. The fourth-order valence-electron chi connectivity index (χ4n) is 1.46. The highest BCUT2D eigenvalue weighted by molar-refractivity contribution is 7.52. The average Bonchev–Trinajstić information content (AvgIpc) is 2.24. The van der Waals surface area contributed by atoms with Crippen molar-refractivity contribution in [3.8, 4) is 0 Å². The van der Waals surface area contributed by atoms with Crippen LogP contribution in [-0.2, 0) is 13.9 Å². The Bertz CT molecular complexity index is 294. The number of hydrogen-bond acceptors (Lipinski definition) is 3. The van der Waals surface area contributed by atoms with Gasteiger partial charge in [0.1, 0.15) is 6.29 Å². The highest BCUT2D eigenvalue weighted by Crippen LogP contribution is 2.38. The monoisotopic (exact) mass is 267 g/mol. The summed E-state index contributed by atoms with van der Waals surface area (Å²) in [4.78, 5) is 20.5. The predicted octanol–water partition coefficient (Wildman–Crippen LogP) is 0.768. The lowest BCUT2D eigenvalue weighted by atomic mass is 10.3. The quantitative estimate of drug-likeness (QED) is 0.503. The summed E-state index contributed by atoms with van der Waals surface area (Å²) in [5, 5.41) is 2.40. The van der Waals surface area contributed by atoms with E-state index in [-0.39, 0.29) is 12.2 Å². The summed E-state index contributed by atoms with van der Waals surface area (Å²) < 4.78 is 16.2. The molecule has 0 aliphatic heterocycles. The average molecular weight is 267 g/mol. The summed E-state index contributed by atoms with van der Waals surface area (Å²) in [6.45, 7) is 3.81. The third-order valence-electron chi connectivity index (χ3n) is 2.53. The number of carbonyl (C=O) groups is 1. The van der Waals surface area contributed by atoms with Gasteiger partial charge in [0.2, 0.25) is 5.91 Å². The van der Waals surface area contributed by atoms with Crippen molar-refractivity contribution < 1.29 is 23.3 Å². The standard InChI is InChI=1S/C10H23N2O4P/c1-5-7-12(2,3)8-6-10(13)11-9-17(14,15)16-4/h5-9H2,1-4H3,(H-,11,13,14,15)/p+1. The molecule has 0 aromatic carbocycles. The second kappa shape index (κ2) is 7.11. The summed E-state index contributed by atoms with van der Waals surface area (Å²) in [5.41, 5.74) is 0. The number of hydrogen-bond donors (Lipinski definition) is 2. The molecule has 102 valence electrons. The number of amides is 1. The number of quaternary nitrogens is 1. The molecule has 1 atom stereocenters. The van der Waals surface area contributed by atoms with Crippen molar-refractivity contribution in [2.45, 2.75) is 19.8 Å². The predicted molar refractivity (Wildman–Crippen MR) is 66.6 cm³/mol. The molecule has 0 heterocycles. The van der Waals surface area contributed by atoms with E-state index < -0.39 is 7.60 Å². The Hall–Kier alpha value is -0.420. The van der Waals surface area contributed by atoms with Gasteiger partial charge in [0.05, 0.1) is 33.6 Å². The third kappa shape index (κ3) is 8.32. The zero-order valence-electron chi connectivity index (χ0n) is 11.1. The van der Waals surface area contributed by atoms with Gasteiger partial charge in [-0.25, -0.2) is 0 Å². The van der Waals surface area contributed by atoms with Crippen LogP contribution < -0.4 is 5.32 Å². The molecule has 0 radical (unpaired) electrons. The van der Waals surface area contributed by atoms with Crippen molar-refractivity contribution in [1.82, 2.24) is 5.32 Å². The summed E-state index contributed by atoms with van der Waals surface area (Å²) in [6, 6.07) is 0. The zero-order valence-corrected chi connectivity index (χ0v) is 12.0. The molecule has 0 aliphatic rings. The molecular formula is C10H24N2O4P+. The van der Waals surface area contributed by atoms with Crippen molar-refractivity contribution in [2.24, 2.45) is 0 Å². The first-order valence-electron chi connectivity index (χ1n) is 5.68.